The summed E-state index contributed by atoms with van der Waals surface area (Å²) in [5.41, 5.74) is 5.85. The van der Waals surface area contributed by atoms with Gasteiger partial charge in [0.1, 0.15) is 5.76 Å². The largest absolute Gasteiger partial charge is 0.456 e. The van der Waals surface area contributed by atoms with Crippen molar-refractivity contribution in [1.82, 2.24) is 5.32 Å². The van der Waals surface area contributed by atoms with E-state index >= 15 is 0 Å². The Balaban J connectivity index is 1.94. The Morgan fingerprint density at radius 3 is 2.94 bits per heavy atom. The summed E-state index contributed by atoms with van der Waals surface area (Å²) in [4.78, 5) is 11.8. The van der Waals surface area contributed by atoms with Gasteiger partial charge in [-0.05, 0) is 32.4 Å². The van der Waals surface area contributed by atoms with E-state index in [0.29, 0.717) is 12.4 Å². The third kappa shape index (κ3) is 2.50. The molecule has 1 heterocycles. The number of furan rings is 1. The monoisotopic (exact) mass is 238 g/mol. The lowest BCUT2D eigenvalue weighted by molar-refractivity contribution is -0.0302. The van der Waals surface area contributed by atoms with E-state index in [1.165, 1.54) is 0 Å². The summed E-state index contributed by atoms with van der Waals surface area (Å²) in [7, 11) is 0. The van der Waals surface area contributed by atoms with E-state index in [-0.39, 0.29) is 24.1 Å². The topological polar surface area (TPSA) is 77.5 Å². The Morgan fingerprint density at radius 1 is 1.65 bits per heavy atom. The Labute approximate surface area is 100 Å². The van der Waals surface area contributed by atoms with Gasteiger partial charge < -0.3 is 20.2 Å². The van der Waals surface area contributed by atoms with Crippen molar-refractivity contribution < 1.29 is 13.9 Å². The minimum absolute atomic E-state index is 0.0232. The Kier molecular flexibility index (Phi) is 3.49. The number of carbonyl (C=O) groups is 1. The molecule has 5 heteroatoms. The highest BCUT2D eigenvalue weighted by Gasteiger charge is 2.40. The molecule has 5 nitrogen and oxygen atoms in total. The summed E-state index contributed by atoms with van der Waals surface area (Å²) < 4.78 is 10.7. The van der Waals surface area contributed by atoms with Gasteiger partial charge >= 0.3 is 0 Å². The molecule has 0 bridgehead atoms. The van der Waals surface area contributed by atoms with Crippen molar-refractivity contribution in [3.8, 4) is 0 Å². The number of rotatable bonds is 4. The molecule has 2 rings (SSSR count). The molecule has 0 spiro atoms. The Morgan fingerprint density at radius 2 is 2.41 bits per heavy atom. The van der Waals surface area contributed by atoms with Gasteiger partial charge in [-0.2, -0.15) is 0 Å². The number of nitrogens with one attached hydrogen (secondary N) is 1. The predicted octanol–water partition coefficient (Wildman–Crippen LogP) is 0.823. The smallest absolute Gasteiger partial charge is 0.287 e. The number of carbonyl (C=O) groups excluding carboxylic acids is 1. The van der Waals surface area contributed by atoms with Crippen LogP contribution in [-0.2, 0) is 4.74 Å². The lowest BCUT2D eigenvalue weighted by Crippen LogP contribution is -2.64. The number of hydrogen-bond acceptors (Lipinski definition) is 4. The van der Waals surface area contributed by atoms with Crippen LogP contribution in [0.25, 0.3) is 0 Å². The van der Waals surface area contributed by atoms with Gasteiger partial charge in [-0.1, -0.05) is 0 Å². The lowest BCUT2D eigenvalue weighted by Gasteiger charge is -2.42. The second-order valence-electron chi connectivity index (χ2n) is 4.30. The van der Waals surface area contributed by atoms with Crippen molar-refractivity contribution in [3.63, 3.8) is 0 Å². The molecule has 3 N–H and O–H groups in total. The van der Waals surface area contributed by atoms with Crippen LogP contribution in [0.1, 0.15) is 29.7 Å². The molecule has 1 aliphatic carbocycles. The fourth-order valence-electron chi connectivity index (χ4n) is 2.01. The molecule has 0 saturated heterocycles. The normalized spacial score (nSPS) is 27.6. The van der Waals surface area contributed by atoms with Gasteiger partial charge in [0.25, 0.3) is 5.91 Å². The molecule has 17 heavy (non-hydrogen) atoms. The summed E-state index contributed by atoms with van der Waals surface area (Å²) in [5, 5.41) is 2.85. The molecule has 94 valence electrons. The van der Waals surface area contributed by atoms with Crippen molar-refractivity contribution in [3.05, 3.63) is 23.7 Å². The third-order valence-electron chi connectivity index (χ3n) is 3.01. The molecule has 3 unspecified atom stereocenters. The van der Waals surface area contributed by atoms with E-state index in [1.807, 2.05) is 6.92 Å². The maximum atomic E-state index is 11.8. The summed E-state index contributed by atoms with van der Waals surface area (Å²) in [5.74, 6) is 0.800. The Bertz CT molecular complexity index is 400. The number of ether oxygens (including phenoxy) is 1. The molecule has 0 radical (unpaired) electrons. The van der Waals surface area contributed by atoms with Gasteiger partial charge in [-0.15, -0.1) is 0 Å². The van der Waals surface area contributed by atoms with Crippen molar-refractivity contribution in [1.29, 1.82) is 0 Å². The van der Waals surface area contributed by atoms with E-state index in [1.54, 1.807) is 19.1 Å². The molecular weight excluding hydrogens is 220 g/mol. The van der Waals surface area contributed by atoms with Crippen molar-refractivity contribution in [2.24, 2.45) is 5.73 Å². The van der Waals surface area contributed by atoms with Crippen LogP contribution in [0.2, 0.25) is 0 Å². The summed E-state index contributed by atoms with van der Waals surface area (Å²) in [6.45, 7) is 4.36. The first kappa shape index (κ1) is 12.1. The van der Waals surface area contributed by atoms with E-state index in [4.69, 9.17) is 14.9 Å². The fourth-order valence-corrected chi connectivity index (χ4v) is 2.01. The second-order valence-corrected chi connectivity index (χ2v) is 4.30. The summed E-state index contributed by atoms with van der Waals surface area (Å²) in [6, 6.07) is 3.26. The fraction of sp³-hybridized carbons (Fsp3) is 0.583. The van der Waals surface area contributed by atoms with Crippen LogP contribution in [-0.4, -0.2) is 30.7 Å². The number of hydrogen-bond donors (Lipinski definition) is 2. The second kappa shape index (κ2) is 4.89. The van der Waals surface area contributed by atoms with Crippen LogP contribution in [0.3, 0.4) is 0 Å². The van der Waals surface area contributed by atoms with Gasteiger partial charge in [0.05, 0.1) is 12.1 Å². The standard InChI is InChI=1S/C12H18N2O3/c1-3-16-10-6-8(13)11(10)14-12(15)9-5-4-7(2)17-9/h4-5,8,10-11H,3,6,13H2,1-2H3,(H,14,15). The van der Waals surface area contributed by atoms with Crippen LogP contribution in [0, 0.1) is 6.92 Å². The third-order valence-corrected chi connectivity index (χ3v) is 3.01. The highest BCUT2D eigenvalue weighted by molar-refractivity contribution is 5.91. The van der Waals surface area contributed by atoms with Crippen molar-refractivity contribution in [2.75, 3.05) is 6.61 Å². The van der Waals surface area contributed by atoms with E-state index in [0.717, 1.165) is 12.2 Å². The van der Waals surface area contributed by atoms with Gasteiger partial charge in [-0.3, -0.25) is 4.79 Å². The molecule has 1 amide bonds. The molecule has 1 saturated carbocycles. The minimum Gasteiger partial charge on any atom is -0.456 e. The molecule has 1 fully saturated rings. The Hall–Kier alpha value is -1.33. The molecule has 0 aromatic carbocycles. The average Bonchev–Trinajstić information content (AvgIpc) is 2.72. The van der Waals surface area contributed by atoms with E-state index in [9.17, 15) is 4.79 Å². The number of amides is 1. The summed E-state index contributed by atoms with van der Waals surface area (Å²) in [6.07, 6.45) is 0.811. The maximum Gasteiger partial charge on any atom is 0.287 e. The molecule has 1 aromatic heterocycles. The molecule has 0 aliphatic heterocycles. The first-order chi connectivity index (χ1) is 8.11. The van der Waals surface area contributed by atoms with Crippen LogP contribution in [0.4, 0.5) is 0 Å². The van der Waals surface area contributed by atoms with Gasteiger partial charge in [0, 0.05) is 12.6 Å². The van der Waals surface area contributed by atoms with Crippen LogP contribution in [0.15, 0.2) is 16.5 Å². The molecule has 1 aliphatic rings. The minimum atomic E-state index is -0.233. The zero-order valence-corrected chi connectivity index (χ0v) is 10.1. The van der Waals surface area contributed by atoms with Gasteiger partial charge in [0.2, 0.25) is 0 Å². The van der Waals surface area contributed by atoms with Crippen LogP contribution >= 0.6 is 0 Å². The first-order valence-electron chi connectivity index (χ1n) is 5.86. The lowest BCUT2D eigenvalue weighted by atomic mass is 9.83. The SMILES string of the molecule is CCOC1CC(N)C1NC(=O)c1ccc(C)o1. The average molecular weight is 238 g/mol. The van der Waals surface area contributed by atoms with Gasteiger partial charge in [-0.25, -0.2) is 0 Å². The number of nitrogens with two attached hydrogens (primary N) is 1. The van der Waals surface area contributed by atoms with Crippen molar-refractivity contribution >= 4 is 5.91 Å². The van der Waals surface area contributed by atoms with E-state index in [2.05, 4.69) is 5.32 Å². The van der Waals surface area contributed by atoms with E-state index < -0.39 is 0 Å². The van der Waals surface area contributed by atoms with Crippen LogP contribution < -0.4 is 11.1 Å². The number of aryl methyl sites for hydroxylation is 1. The molecule has 1 aromatic rings. The van der Waals surface area contributed by atoms with Crippen molar-refractivity contribution in [2.45, 2.75) is 38.5 Å². The summed E-state index contributed by atoms with van der Waals surface area (Å²) >= 11 is 0. The predicted molar refractivity (Wildman–Crippen MR) is 62.7 cm³/mol. The maximum absolute atomic E-state index is 11.8. The molecule has 3 atom stereocenters. The zero-order valence-electron chi connectivity index (χ0n) is 10.1. The van der Waals surface area contributed by atoms with Crippen LogP contribution in [0.5, 0.6) is 0 Å². The highest BCUT2D eigenvalue weighted by Crippen LogP contribution is 2.23. The first-order valence-corrected chi connectivity index (χ1v) is 5.86. The quantitative estimate of drug-likeness (QED) is 0.814. The van der Waals surface area contributed by atoms with Gasteiger partial charge in [0.15, 0.2) is 5.76 Å². The zero-order chi connectivity index (χ0) is 12.4. The molecular formula is C12H18N2O3. The highest BCUT2D eigenvalue weighted by atomic mass is 16.5.